The average molecular weight is 291 g/mol. The van der Waals surface area contributed by atoms with Crippen LogP contribution in [-0.2, 0) is 5.75 Å². The monoisotopic (exact) mass is 291 g/mol. The van der Waals surface area contributed by atoms with Gasteiger partial charge in [-0.25, -0.2) is 4.98 Å². The Morgan fingerprint density at radius 2 is 2.35 bits per heavy atom. The minimum atomic E-state index is -0.0845. The van der Waals surface area contributed by atoms with Gasteiger partial charge in [-0.3, -0.25) is 4.79 Å². The van der Waals surface area contributed by atoms with Crippen LogP contribution in [0.4, 0.5) is 0 Å². The summed E-state index contributed by atoms with van der Waals surface area (Å²) >= 11 is 1.48. The lowest BCUT2D eigenvalue weighted by Gasteiger charge is -2.07. The van der Waals surface area contributed by atoms with Crippen LogP contribution in [-0.4, -0.2) is 22.6 Å². The smallest absolute Gasteiger partial charge is 0.254 e. The maximum absolute atomic E-state index is 12.0. The van der Waals surface area contributed by atoms with Gasteiger partial charge in [-0.1, -0.05) is 23.8 Å². The number of nitrogens with zero attached hydrogens (tertiary/aromatic N) is 2. The first-order chi connectivity index (χ1) is 9.70. The van der Waals surface area contributed by atoms with E-state index in [0.29, 0.717) is 22.9 Å². The summed E-state index contributed by atoms with van der Waals surface area (Å²) in [5.41, 5.74) is 1.45. The zero-order valence-electron chi connectivity index (χ0n) is 11.5. The van der Waals surface area contributed by atoms with Crippen LogP contribution in [0.1, 0.15) is 35.2 Å². The van der Waals surface area contributed by atoms with Crippen molar-refractivity contribution in [2.24, 2.45) is 0 Å². The predicted octanol–water partition coefficient (Wildman–Crippen LogP) is 2.81. The SMILES string of the molecule is CCCNC(=O)c1cccnc1SCc1cc(C)on1. The first-order valence-corrected chi connectivity index (χ1v) is 7.47. The van der Waals surface area contributed by atoms with Crippen molar-refractivity contribution in [3.63, 3.8) is 0 Å². The van der Waals surface area contributed by atoms with Crippen LogP contribution < -0.4 is 5.32 Å². The van der Waals surface area contributed by atoms with E-state index in [4.69, 9.17) is 4.52 Å². The zero-order valence-corrected chi connectivity index (χ0v) is 12.4. The molecular weight excluding hydrogens is 274 g/mol. The van der Waals surface area contributed by atoms with Crippen LogP contribution in [0.5, 0.6) is 0 Å². The highest BCUT2D eigenvalue weighted by molar-refractivity contribution is 7.98. The van der Waals surface area contributed by atoms with Gasteiger partial charge in [0.05, 0.1) is 11.3 Å². The fourth-order valence-corrected chi connectivity index (χ4v) is 2.51. The lowest BCUT2D eigenvalue weighted by molar-refractivity contribution is 0.0950. The van der Waals surface area contributed by atoms with Gasteiger partial charge in [0.2, 0.25) is 0 Å². The Bertz CT molecular complexity index is 583. The van der Waals surface area contributed by atoms with Crippen LogP contribution in [0.3, 0.4) is 0 Å². The standard InChI is InChI=1S/C14H17N3O2S/c1-3-6-15-13(18)12-5-4-7-16-14(12)20-9-11-8-10(2)19-17-11/h4-5,7-8H,3,6,9H2,1-2H3,(H,15,18). The Balaban J connectivity index is 2.05. The van der Waals surface area contributed by atoms with Crippen LogP contribution in [0.15, 0.2) is 33.9 Å². The molecule has 2 aromatic heterocycles. The Hall–Kier alpha value is -1.82. The number of carbonyl (C=O) groups excluding carboxylic acids is 1. The van der Waals surface area contributed by atoms with Crippen molar-refractivity contribution in [2.45, 2.75) is 31.0 Å². The van der Waals surface area contributed by atoms with Gasteiger partial charge in [0.1, 0.15) is 10.8 Å². The molecule has 1 amide bonds. The normalized spacial score (nSPS) is 10.5. The fourth-order valence-electron chi connectivity index (χ4n) is 1.64. The van der Waals surface area contributed by atoms with E-state index in [2.05, 4.69) is 15.5 Å². The molecule has 0 atom stereocenters. The van der Waals surface area contributed by atoms with Crippen molar-refractivity contribution in [1.82, 2.24) is 15.5 Å². The summed E-state index contributed by atoms with van der Waals surface area (Å²) in [6, 6.07) is 5.44. The maximum atomic E-state index is 12.0. The largest absolute Gasteiger partial charge is 0.361 e. The molecule has 2 rings (SSSR count). The van der Waals surface area contributed by atoms with Gasteiger partial charge in [-0.05, 0) is 25.5 Å². The number of aromatic nitrogens is 2. The Morgan fingerprint density at radius 3 is 3.05 bits per heavy atom. The van der Waals surface area contributed by atoms with Crippen molar-refractivity contribution in [2.75, 3.05) is 6.54 Å². The van der Waals surface area contributed by atoms with Gasteiger partial charge in [0.15, 0.2) is 0 Å². The van der Waals surface area contributed by atoms with Crippen molar-refractivity contribution in [1.29, 1.82) is 0 Å². The first kappa shape index (κ1) is 14.6. The number of aryl methyl sites for hydroxylation is 1. The molecule has 5 nitrogen and oxygen atoms in total. The molecule has 0 bridgehead atoms. The van der Waals surface area contributed by atoms with Gasteiger partial charge in [-0.15, -0.1) is 0 Å². The Labute approximate surface area is 122 Å². The molecule has 0 aliphatic rings. The maximum Gasteiger partial charge on any atom is 0.254 e. The molecule has 6 heteroatoms. The van der Waals surface area contributed by atoms with Crippen LogP contribution in [0, 0.1) is 6.92 Å². The summed E-state index contributed by atoms with van der Waals surface area (Å²) in [6.45, 7) is 4.54. The molecule has 0 aliphatic heterocycles. The van der Waals surface area contributed by atoms with Crippen molar-refractivity contribution < 1.29 is 9.32 Å². The first-order valence-electron chi connectivity index (χ1n) is 6.49. The molecular formula is C14H17N3O2S. The van der Waals surface area contributed by atoms with E-state index >= 15 is 0 Å². The number of hydrogen-bond acceptors (Lipinski definition) is 5. The van der Waals surface area contributed by atoms with E-state index in [0.717, 1.165) is 17.9 Å². The van der Waals surface area contributed by atoms with Crippen molar-refractivity contribution >= 4 is 17.7 Å². The molecule has 106 valence electrons. The number of hydrogen-bond donors (Lipinski definition) is 1. The number of amides is 1. The number of thioether (sulfide) groups is 1. The van der Waals surface area contributed by atoms with Gasteiger partial charge >= 0.3 is 0 Å². The zero-order chi connectivity index (χ0) is 14.4. The molecule has 0 aliphatic carbocycles. The molecule has 0 fully saturated rings. The molecule has 0 aromatic carbocycles. The molecule has 0 radical (unpaired) electrons. The number of nitrogens with one attached hydrogen (secondary N) is 1. The highest BCUT2D eigenvalue weighted by atomic mass is 32.2. The number of carbonyl (C=O) groups is 1. The van der Waals surface area contributed by atoms with Gasteiger partial charge in [-0.2, -0.15) is 0 Å². The predicted molar refractivity (Wildman–Crippen MR) is 77.7 cm³/mol. The minimum absolute atomic E-state index is 0.0845. The summed E-state index contributed by atoms with van der Waals surface area (Å²) in [6.07, 6.45) is 2.60. The molecule has 0 unspecified atom stereocenters. The molecule has 0 spiro atoms. The van der Waals surface area contributed by atoms with Crippen molar-refractivity contribution in [3.05, 3.63) is 41.4 Å². The third-order valence-electron chi connectivity index (χ3n) is 2.58. The van der Waals surface area contributed by atoms with Gasteiger partial charge in [0.25, 0.3) is 5.91 Å². The van der Waals surface area contributed by atoms with Crippen LogP contribution >= 0.6 is 11.8 Å². The Kier molecular flexibility index (Phi) is 5.17. The lowest BCUT2D eigenvalue weighted by Crippen LogP contribution is -2.24. The summed E-state index contributed by atoms with van der Waals surface area (Å²) < 4.78 is 5.02. The molecule has 1 N–H and O–H groups in total. The molecule has 20 heavy (non-hydrogen) atoms. The average Bonchev–Trinajstić information content (AvgIpc) is 2.88. The third-order valence-corrected chi connectivity index (χ3v) is 3.62. The summed E-state index contributed by atoms with van der Waals surface area (Å²) in [5, 5.41) is 7.51. The second-order valence-electron chi connectivity index (χ2n) is 4.33. The quantitative estimate of drug-likeness (QED) is 0.829. The van der Waals surface area contributed by atoms with Gasteiger partial charge in [0, 0.05) is 24.6 Å². The van der Waals surface area contributed by atoms with E-state index in [1.54, 1.807) is 18.3 Å². The Morgan fingerprint density at radius 1 is 1.50 bits per heavy atom. The number of pyridine rings is 1. The fraction of sp³-hybridized carbons (Fsp3) is 0.357. The summed E-state index contributed by atoms with van der Waals surface area (Å²) in [4.78, 5) is 16.3. The summed E-state index contributed by atoms with van der Waals surface area (Å²) in [7, 11) is 0. The van der Waals surface area contributed by atoms with E-state index < -0.39 is 0 Å². The highest BCUT2D eigenvalue weighted by Crippen LogP contribution is 2.23. The van der Waals surface area contributed by atoms with E-state index in [9.17, 15) is 4.79 Å². The number of rotatable bonds is 6. The molecule has 0 saturated heterocycles. The van der Waals surface area contributed by atoms with Gasteiger partial charge < -0.3 is 9.84 Å². The molecule has 2 heterocycles. The topological polar surface area (TPSA) is 68.0 Å². The molecule has 0 saturated carbocycles. The van der Waals surface area contributed by atoms with Crippen LogP contribution in [0.25, 0.3) is 0 Å². The van der Waals surface area contributed by atoms with Crippen molar-refractivity contribution in [3.8, 4) is 0 Å². The minimum Gasteiger partial charge on any atom is -0.361 e. The lowest BCUT2D eigenvalue weighted by atomic mass is 10.2. The third kappa shape index (κ3) is 3.84. The van der Waals surface area contributed by atoms with E-state index in [1.165, 1.54) is 11.8 Å². The van der Waals surface area contributed by atoms with E-state index in [-0.39, 0.29) is 5.91 Å². The second kappa shape index (κ2) is 7.09. The highest BCUT2D eigenvalue weighted by Gasteiger charge is 2.12. The van der Waals surface area contributed by atoms with E-state index in [1.807, 2.05) is 19.9 Å². The molecule has 2 aromatic rings. The second-order valence-corrected chi connectivity index (χ2v) is 5.29. The summed E-state index contributed by atoms with van der Waals surface area (Å²) in [5.74, 6) is 1.32. The van der Waals surface area contributed by atoms with Crippen LogP contribution in [0.2, 0.25) is 0 Å².